The molecule has 1 amide bonds. The van der Waals surface area contributed by atoms with E-state index >= 15 is 0 Å². The number of rotatable bonds is 2. The van der Waals surface area contributed by atoms with Crippen molar-refractivity contribution >= 4 is 11.6 Å². The molecule has 0 saturated heterocycles. The molecule has 4 nitrogen and oxygen atoms in total. The Balaban J connectivity index is 2.23. The predicted molar refractivity (Wildman–Crippen MR) is 83.2 cm³/mol. The van der Waals surface area contributed by atoms with E-state index in [-0.39, 0.29) is 11.7 Å². The summed E-state index contributed by atoms with van der Waals surface area (Å²) in [6, 6.07) is 11.8. The fourth-order valence-corrected chi connectivity index (χ4v) is 1.93. The van der Waals surface area contributed by atoms with Crippen LogP contribution in [0.3, 0.4) is 0 Å². The number of phenols is 1. The molecule has 106 valence electrons. The standard InChI is InChI=1S/C17H16N2O2/c1-12-8-13(4-3-7-18)10-15(9-12)19-17(21)14-5-2-6-16(20)11-14/h2,5-6,8-11,20H,7,18H2,1H3,(H,19,21). The lowest BCUT2D eigenvalue weighted by molar-refractivity contribution is 0.102. The van der Waals surface area contributed by atoms with Crippen LogP contribution in [0.5, 0.6) is 5.75 Å². The first-order chi connectivity index (χ1) is 10.1. The molecule has 0 bridgehead atoms. The Morgan fingerprint density at radius 2 is 2.10 bits per heavy atom. The first kappa shape index (κ1) is 14.6. The van der Waals surface area contributed by atoms with Crippen LogP contribution in [0.15, 0.2) is 42.5 Å². The van der Waals surface area contributed by atoms with E-state index < -0.39 is 0 Å². The van der Waals surface area contributed by atoms with Crippen LogP contribution in [-0.2, 0) is 0 Å². The zero-order valence-corrected chi connectivity index (χ0v) is 11.7. The molecule has 0 heterocycles. The van der Waals surface area contributed by atoms with E-state index in [0.29, 0.717) is 17.8 Å². The molecule has 2 aromatic carbocycles. The number of phenolic OH excluding ortho intramolecular Hbond substituents is 1. The van der Waals surface area contributed by atoms with Gasteiger partial charge in [-0.05, 0) is 48.9 Å². The van der Waals surface area contributed by atoms with Gasteiger partial charge < -0.3 is 16.2 Å². The van der Waals surface area contributed by atoms with Crippen LogP contribution in [0.1, 0.15) is 21.5 Å². The highest BCUT2D eigenvalue weighted by atomic mass is 16.3. The predicted octanol–water partition coefficient (Wildman–Crippen LogP) is 2.26. The van der Waals surface area contributed by atoms with E-state index in [4.69, 9.17) is 5.73 Å². The highest BCUT2D eigenvalue weighted by Crippen LogP contribution is 2.17. The third-order valence-corrected chi connectivity index (χ3v) is 2.78. The minimum absolute atomic E-state index is 0.0568. The second-order valence-electron chi connectivity index (χ2n) is 4.60. The number of benzene rings is 2. The van der Waals surface area contributed by atoms with Gasteiger partial charge in [-0.15, -0.1) is 0 Å². The third-order valence-electron chi connectivity index (χ3n) is 2.78. The largest absolute Gasteiger partial charge is 0.508 e. The molecular formula is C17H16N2O2. The lowest BCUT2D eigenvalue weighted by atomic mass is 10.1. The molecule has 0 aliphatic heterocycles. The number of amides is 1. The molecule has 0 saturated carbocycles. The van der Waals surface area contributed by atoms with Gasteiger partial charge in [-0.3, -0.25) is 4.79 Å². The quantitative estimate of drug-likeness (QED) is 0.739. The maximum absolute atomic E-state index is 12.1. The third kappa shape index (κ3) is 4.10. The maximum atomic E-state index is 12.1. The van der Waals surface area contributed by atoms with Crippen LogP contribution in [-0.4, -0.2) is 17.6 Å². The number of aromatic hydroxyl groups is 1. The fourth-order valence-electron chi connectivity index (χ4n) is 1.93. The summed E-state index contributed by atoms with van der Waals surface area (Å²) >= 11 is 0. The van der Waals surface area contributed by atoms with Crippen molar-refractivity contribution < 1.29 is 9.90 Å². The van der Waals surface area contributed by atoms with Gasteiger partial charge in [0.2, 0.25) is 0 Å². The van der Waals surface area contributed by atoms with Crippen LogP contribution in [0.2, 0.25) is 0 Å². The molecule has 21 heavy (non-hydrogen) atoms. The average Bonchev–Trinajstić information content (AvgIpc) is 2.44. The minimum Gasteiger partial charge on any atom is -0.508 e. The molecule has 0 atom stereocenters. The molecule has 0 aliphatic carbocycles. The summed E-state index contributed by atoms with van der Waals surface area (Å²) in [5, 5.41) is 12.2. The Bertz CT molecular complexity index is 727. The minimum atomic E-state index is -0.283. The van der Waals surface area contributed by atoms with Crippen LogP contribution in [0, 0.1) is 18.8 Å². The van der Waals surface area contributed by atoms with E-state index in [2.05, 4.69) is 17.2 Å². The first-order valence-electron chi connectivity index (χ1n) is 6.49. The summed E-state index contributed by atoms with van der Waals surface area (Å²) < 4.78 is 0. The molecule has 0 aliphatic rings. The van der Waals surface area contributed by atoms with Gasteiger partial charge in [-0.25, -0.2) is 0 Å². The van der Waals surface area contributed by atoms with Crippen LogP contribution < -0.4 is 11.1 Å². The van der Waals surface area contributed by atoms with Gasteiger partial charge in [-0.1, -0.05) is 17.9 Å². The molecule has 0 unspecified atom stereocenters. The van der Waals surface area contributed by atoms with Crippen molar-refractivity contribution in [2.45, 2.75) is 6.92 Å². The molecule has 4 N–H and O–H groups in total. The van der Waals surface area contributed by atoms with E-state index in [9.17, 15) is 9.90 Å². The fraction of sp³-hybridized carbons (Fsp3) is 0.118. The Morgan fingerprint density at radius 3 is 2.81 bits per heavy atom. The smallest absolute Gasteiger partial charge is 0.255 e. The number of carbonyl (C=O) groups is 1. The van der Waals surface area contributed by atoms with Gasteiger partial charge in [0, 0.05) is 16.8 Å². The molecule has 0 aromatic heterocycles. The summed E-state index contributed by atoms with van der Waals surface area (Å²) in [7, 11) is 0. The molecule has 4 heteroatoms. The van der Waals surface area contributed by atoms with Gasteiger partial charge in [0.25, 0.3) is 5.91 Å². The summed E-state index contributed by atoms with van der Waals surface area (Å²) in [6.07, 6.45) is 0. The lowest BCUT2D eigenvalue weighted by Crippen LogP contribution is -2.11. The Labute approximate surface area is 123 Å². The van der Waals surface area contributed by atoms with Crippen LogP contribution in [0.25, 0.3) is 0 Å². The van der Waals surface area contributed by atoms with Crippen molar-refractivity contribution in [1.82, 2.24) is 0 Å². The number of anilines is 1. The summed E-state index contributed by atoms with van der Waals surface area (Å²) in [6.45, 7) is 2.22. The molecule has 0 fully saturated rings. The number of nitrogens with two attached hydrogens (primary N) is 1. The second-order valence-corrected chi connectivity index (χ2v) is 4.60. The zero-order chi connectivity index (χ0) is 15.2. The van der Waals surface area contributed by atoms with Crippen molar-refractivity contribution in [3.05, 3.63) is 59.2 Å². The van der Waals surface area contributed by atoms with E-state index in [1.165, 1.54) is 12.1 Å². The Morgan fingerprint density at radius 1 is 1.29 bits per heavy atom. The van der Waals surface area contributed by atoms with Gasteiger partial charge in [0.15, 0.2) is 0 Å². The van der Waals surface area contributed by atoms with E-state index in [0.717, 1.165) is 11.1 Å². The molecule has 2 rings (SSSR count). The average molecular weight is 280 g/mol. The number of nitrogens with one attached hydrogen (secondary N) is 1. The van der Waals surface area contributed by atoms with Gasteiger partial charge in [0.05, 0.1) is 6.54 Å². The van der Waals surface area contributed by atoms with E-state index in [1.807, 2.05) is 19.1 Å². The monoisotopic (exact) mass is 280 g/mol. The Kier molecular flexibility index (Phi) is 4.60. The summed E-state index contributed by atoms with van der Waals surface area (Å²) in [5.41, 5.74) is 8.20. The van der Waals surface area contributed by atoms with Gasteiger partial charge >= 0.3 is 0 Å². The second kappa shape index (κ2) is 6.60. The molecule has 0 spiro atoms. The number of hydrogen-bond donors (Lipinski definition) is 3. The lowest BCUT2D eigenvalue weighted by Gasteiger charge is -2.07. The van der Waals surface area contributed by atoms with E-state index in [1.54, 1.807) is 18.2 Å². The summed E-state index contributed by atoms with van der Waals surface area (Å²) in [4.78, 5) is 12.1. The number of carbonyl (C=O) groups excluding carboxylic acids is 1. The molecular weight excluding hydrogens is 264 g/mol. The number of hydrogen-bond acceptors (Lipinski definition) is 3. The number of aryl methyl sites for hydroxylation is 1. The van der Waals surface area contributed by atoms with Crippen LogP contribution in [0.4, 0.5) is 5.69 Å². The Hall–Kier alpha value is -2.77. The van der Waals surface area contributed by atoms with Crippen molar-refractivity contribution in [3.63, 3.8) is 0 Å². The first-order valence-corrected chi connectivity index (χ1v) is 6.49. The van der Waals surface area contributed by atoms with Gasteiger partial charge in [-0.2, -0.15) is 0 Å². The maximum Gasteiger partial charge on any atom is 0.255 e. The normalized spacial score (nSPS) is 9.62. The van der Waals surface area contributed by atoms with Crippen molar-refractivity contribution in [2.24, 2.45) is 5.73 Å². The topological polar surface area (TPSA) is 75.3 Å². The van der Waals surface area contributed by atoms with Gasteiger partial charge in [0.1, 0.15) is 5.75 Å². The summed E-state index contributed by atoms with van der Waals surface area (Å²) in [5.74, 6) is 5.50. The molecule has 2 aromatic rings. The molecule has 0 radical (unpaired) electrons. The SMILES string of the molecule is Cc1cc(C#CCN)cc(NC(=O)c2cccc(O)c2)c1. The van der Waals surface area contributed by atoms with Crippen molar-refractivity contribution in [3.8, 4) is 17.6 Å². The van der Waals surface area contributed by atoms with Crippen molar-refractivity contribution in [1.29, 1.82) is 0 Å². The van der Waals surface area contributed by atoms with Crippen LogP contribution >= 0.6 is 0 Å². The zero-order valence-electron chi connectivity index (χ0n) is 11.7. The highest BCUT2D eigenvalue weighted by Gasteiger charge is 2.07. The highest BCUT2D eigenvalue weighted by molar-refractivity contribution is 6.04. The van der Waals surface area contributed by atoms with Crippen molar-refractivity contribution in [2.75, 3.05) is 11.9 Å².